The lowest BCUT2D eigenvalue weighted by atomic mass is 10.1. The Morgan fingerprint density at radius 3 is 2.75 bits per heavy atom. The molecule has 0 aliphatic carbocycles. The fraction of sp³-hybridized carbons (Fsp3) is 0.417. The molecule has 0 saturated carbocycles. The number of nitrogens with two attached hydrogens (primary N) is 1. The standard InChI is InChI=1S/C12H16BrN3/c1-7(2)12-10(5-14)16-6-9(13)8(3)4-11(16)15-12/h4,6-7H,5,14H2,1-3H3. The van der Waals surface area contributed by atoms with Crippen molar-refractivity contribution in [1.82, 2.24) is 9.38 Å². The summed E-state index contributed by atoms with van der Waals surface area (Å²) in [6.45, 7) is 6.87. The molecule has 0 aromatic carbocycles. The van der Waals surface area contributed by atoms with Crippen LogP contribution >= 0.6 is 15.9 Å². The van der Waals surface area contributed by atoms with E-state index in [1.807, 2.05) is 6.20 Å². The summed E-state index contributed by atoms with van der Waals surface area (Å²) in [7, 11) is 0. The average Bonchev–Trinajstić information content (AvgIpc) is 2.57. The van der Waals surface area contributed by atoms with Crippen molar-refractivity contribution >= 4 is 21.6 Å². The number of rotatable bonds is 2. The lowest BCUT2D eigenvalue weighted by Crippen LogP contribution is -2.05. The van der Waals surface area contributed by atoms with Gasteiger partial charge in [-0.15, -0.1) is 0 Å². The molecular formula is C12H16BrN3. The van der Waals surface area contributed by atoms with Gasteiger partial charge in [0.05, 0.1) is 11.4 Å². The van der Waals surface area contributed by atoms with Gasteiger partial charge < -0.3 is 10.1 Å². The van der Waals surface area contributed by atoms with Gasteiger partial charge >= 0.3 is 0 Å². The third-order valence-corrected chi connectivity index (χ3v) is 3.60. The molecule has 86 valence electrons. The lowest BCUT2D eigenvalue weighted by molar-refractivity contribution is 0.799. The van der Waals surface area contributed by atoms with E-state index in [0.29, 0.717) is 12.5 Å². The highest BCUT2D eigenvalue weighted by atomic mass is 79.9. The number of imidazole rings is 1. The molecule has 4 heteroatoms. The van der Waals surface area contributed by atoms with Crippen LogP contribution in [0.2, 0.25) is 0 Å². The maximum atomic E-state index is 5.81. The topological polar surface area (TPSA) is 43.3 Å². The minimum absolute atomic E-state index is 0.400. The van der Waals surface area contributed by atoms with E-state index < -0.39 is 0 Å². The molecule has 0 bridgehead atoms. The van der Waals surface area contributed by atoms with Crippen molar-refractivity contribution in [2.75, 3.05) is 0 Å². The summed E-state index contributed by atoms with van der Waals surface area (Å²) in [5, 5.41) is 0. The molecule has 0 fully saturated rings. The first-order valence-corrected chi connectivity index (χ1v) is 6.21. The Kier molecular flexibility index (Phi) is 3.04. The number of nitrogens with zero attached hydrogens (tertiary/aromatic N) is 2. The molecule has 0 radical (unpaired) electrons. The number of hydrogen-bond donors (Lipinski definition) is 1. The van der Waals surface area contributed by atoms with Crippen LogP contribution in [0.1, 0.15) is 36.7 Å². The second-order valence-electron chi connectivity index (χ2n) is 4.34. The first-order chi connectivity index (χ1) is 7.54. The van der Waals surface area contributed by atoms with Gasteiger partial charge in [-0.25, -0.2) is 4.98 Å². The van der Waals surface area contributed by atoms with Crippen molar-refractivity contribution in [3.8, 4) is 0 Å². The van der Waals surface area contributed by atoms with Crippen molar-refractivity contribution in [3.63, 3.8) is 0 Å². The highest BCUT2D eigenvalue weighted by Gasteiger charge is 2.14. The average molecular weight is 282 g/mol. The monoisotopic (exact) mass is 281 g/mol. The minimum Gasteiger partial charge on any atom is -0.325 e. The molecule has 2 rings (SSSR count). The summed E-state index contributed by atoms with van der Waals surface area (Å²) >= 11 is 3.54. The maximum Gasteiger partial charge on any atom is 0.137 e. The largest absolute Gasteiger partial charge is 0.325 e. The Morgan fingerprint density at radius 2 is 2.19 bits per heavy atom. The van der Waals surface area contributed by atoms with Crippen LogP contribution in [0, 0.1) is 6.92 Å². The zero-order valence-electron chi connectivity index (χ0n) is 9.79. The number of halogens is 1. The van der Waals surface area contributed by atoms with Crippen molar-refractivity contribution < 1.29 is 0 Å². The van der Waals surface area contributed by atoms with Gasteiger partial charge in [0.25, 0.3) is 0 Å². The number of aryl methyl sites for hydroxylation is 1. The van der Waals surface area contributed by atoms with Gasteiger partial charge in [0, 0.05) is 17.2 Å². The number of hydrogen-bond acceptors (Lipinski definition) is 2. The van der Waals surface area contributed by atoms with E-state index in [9.17, 15) is 0 Å². The van der Waals surface area contributed by atoms with E-state index in [2.05, 4.69) is 52.2 Å². The Hall–Kier alpha value is -0.870. The van der Waals surface area contributed by atoms with E-state index in [1.165, 1.54) is 5.56 Å². The zero-order valence-corrected chi connectivity index (χ0v) is 11.4. The van der Waals surface area contributed by atoms with Crippen LogP contribution < -0.4 is 5.73 Å². The highest BCUT2D eigenvalue weighted by molar-refractivity contribution is 9.10. The molecule has 0 aliphatic rings. The van der Waals surface area contributed by atoms with Crippen molar-refractivity contribution in [2.45, 2.75) is 33.2 Å². The third-order valence-electron chi connectivity index (χ3n) is 2.77. The second-order valence-corrected chi connectivity index (χ2v) is 5.19. The van der Waals surface area contributed by atoms with E-state index in [0.717, 1.165) is 21.5 Å². The molecule has 0 aliphatic heterocycles. The third kappa shape index (κ3) is 1.76. The fourth-order valence-corrected chi connectivity index (χ4v) is 2.21. The Morgan fingerprint density at radius 1 is 1.50 bits per heavy atom. The van der Waals surface area contributed by atoms with Crippen LogP contribution in [-0.2, 0) is 6.54 Å². The Labute approximate surface area is 104 Å². The van der Waals surface area contributed by atoms with E-state index in [4.69, 9.17) is 5.73 Å². The van der Waals surface area contributed by atoms with Gasteiger partial charge in [0.15, 0.2) is 0 Å². The summed E-state index contributed by atoms with van der Waals surface area (Å²) in [5.74, 6) is 0.400. The summed E-state index contributed by atoms with van der Waals surface area (Å²) in [6, 6.07) is 2.08. The summed E-state index contributed by atoms with van der Waals surface area (Å²) in [6.07, 6.45) is 2.05. The van der Waals surface area contributed by atoms with Crippen LogP contribution in [0.3, 0.4) is 0 Å². The van der Waals surface area contributed by atoms with Gasteiger partial charge in [0.2, 0.25) is 0 Å². The Balaban J connectivity index is 2.77. The highest BCUT2D eigenvalue weighted by Crippen LogP contribution is 2.24. The zero-order chi connectivity index (χ0) is 11.9. The molecule has 0 atom stereocenters. The fourth-order valence-electron chi connectivity index (χ4n) is 1.89. The van der Waals surface area contributed by atoms with Gasteiger partial charge in [-0.1, -0.05) is 13.8 Å². The van der Waals surface area contributed by atoms with Crippen LogP contribution in [0.15, 0.2) is 16.7 Å². The SMILES string of the molecule is Cc1cc2nc(C(C)C)c(CN)n2cc1Br. The quantitative estimate of drug-likeness (QED) is 0.920. The summed E-state index contributed by atoms with van der Waals surface area (Å²) in [4.78, 5) is 4.65. The second kappa shape index (κ2) is 4.18. The molecule has 3 nitrogen and oxygen atoms in total. The van der Waals surface area contributed by atoms with Crippen molar-refractivity contribution in [1.29, 1.82) is 0 Å². The molecule has 2 aromatic rings. The van der Waals surface area contributed by atoms with Gasteiger partial charge in [0.1, 0.15) is 5.65 Å². The van der Waals surface area contributed by atoms with Gasteiger partial charge in [-0.3, -0.25) is 0 Å². The maximum absolute atomic E-state index is 5.81. The Bertz CT molecular complexity index is 529. The van der Waals surface area contributed by atoms with Crippen LogP contribution in [-0.4, -0.2) is 9.38 Å². The first kappa shape index (κ1) is 11.6. The molecule has 16 heavy (non-hydrogen) atoms. The number of aromatic nitrogens is 2. The number of pyridine rings is 1. The molecule has 0 amide bonds. The van der Waals surface area contributed by atoms with Crippen molar-refractivity contribution in [3.05, 3.63) is 33.7 Å². The predicted octanol–water partition coefficient (Wildman–Crippen LogP) is 2.99. The summed E-state index contributed by atoms with van der Waals surface area (Å²) < 4.78 is 3.16. The lowest BCUT2D eigenvalue weighted by Gasteiger charge is -2.05. The first-order valence-electron chi connectivity index (χ1n) is 5.41. The van der Waals surface area contributed by atoms with Gasteiger partial charge in [-0.2, -0.15) is 0 Å². The van der Waals surface area contributed by atoms with E-state index in [1.54, 1.807) is 0 Å². The molecular weight excluding hydrogens is 266 g/mol. The normalized spacial score (nSPS) is 11.6. The minimum atomic E-state index is 0.400. The van der Waals surface area contributed by atoms with Gasteiger partial charge in [-0.05, 0) is 40.4 Å². The van der Waals surface area contributed by atoms with Crippen LogP contribution in [0.5, 0.6) is 0 Å². The van der Waals surface area contributed by atoms with Crippen molar-refractivity contribution in [2.24, 2.45) is 5.73 Å². The molecule has 2 N–H and O–H groups in total. The molecule has 2 aromatic heterocycles. The van der Waals surface area contributed by atoms with E-state index in [-0.39, 0.29) is 0 Å². The summed E-state index contributed by atoms with van der Waals surface area (Å²) in [5.41, 5.74) is 10.2. The molecule has 2 heterocycles. The van der Waals surface area contributed by atoms with E-state index >= 15 is 0 Å². The predicted molar refractivity (Wildman–Crippen MR) is 69.6 cm³/mol. The van der Waals surface area contributed by atoms with Crippen LogP contribution in [0.25, 0.3) is 5.65 Å². The molecule has 0 saturated heterocycles. The smallest absolute Gasteiger partial charge is 0.137 e. The van der Waals surface area contributed by atoms with Crippen LogP contribution in [0.4, 0.5) is 0 Å². The number of fused-ring (bicyclic) bond motifs is 1. The molecule has 0 unspecified atom stereocenters. The molecule has 0 spiro atoms.